The first-order valence-corrected chi connectivity index (χ1v) is 6.15. The fraction of sp³-hybridized carbons (Fsp3) is 0.455. The molecule has 15 heavy (non-hydrogen) atoms. The summed E-state index contributed by atoms with van der Waals surface area (Å²) in [4.78, 5) is 9.68. The number of hydrogen-bond acceptors (Lipinski definition) is 4. The van der Waals surface area contributed by atoms with Crippen LogP contribution in [0.15, 0.2) is 11.7 Å². The van der Waals surface area contributed by atoms with Gasteiger partial charge in [-0.05, 0) is 36.6 Å². The second-order valence-corrected chi connectivity index (χ2v) is 5.00. The van der Waals surface area contributed by atoms with Crippen LogP contribution in [0.4, 0.5) is 5.82 Å². The number of rotatable bonds is 3. The molecule has 0 aromatic carbocycles. The second kappa shape index (κ2) is 3.45. The van der Waals surface area contributed by atoms with E-state index >= 15 is 0 Å². The van der Waals surface area contributed by atoms with E-state index in [4.69, 9.17) is 0 Å². The summed E-state index contributed by atoms with van der Waals surface area (Å²) in [6.07, 6.45) is 4.38. The molecule has 2 aromatic heterocycles. The molecule has 3 nitrogen and oxygen atoms in total. The Bertz CT molecular complexity index is 488. The van der Waals surface area contributed by atoms with Crippen LogP contribution >= 0.6 is 11.3 Å². The predicted molar refractivity (Wildman–Crippen MR) is 63.4 cm³/mol. The Kier molecular flexibility index (Phi) is 2.09. The Morgan fingerprint density at radius 2 is 2.33 bits per heavy atom. The maximum Gasteiger partial charge on any atom is 0.138 e. The van der Waals surface area contributed by atoms with E-state index in [1.807, 2.05) is 0 Å². The minimum Gasteiger partial charge on any atom is -0.369 e. The van der Waals surface area contributed by atoms with Gasteiger partial charge < -0.3 is 5.32 Å². The van der Waals surface area contributed by atoms with Crippen LogP contribution in [0.5, 0.6) is 0 Å². The van der Waals surface area contributed by atoms with Gasteiger partial charge >= 0.3 is 0 Å². The van der Waals surface area contributed by atoms with Crippen molar-refractivity contribution in [2.45, 2.75) is 19.8 Å². The normalized spacial score (nSPS) is 15.8. The van der Waals surface area contributed by atoms with E-state index in [9.17, 15) is 0 Å². The van der Waals surface area contributed by atoms with Gasteiger partial charge in [-0.3, -0.25) is 0 Å². The average molecular weight is 219 g/mol. The maximum atomic E-state index is 4.32. The van der Waals surface area contributed by atoms with Crippen molar-refractivity contribution in [2.75, 3.05) is 11.9 Å². The number of hydrogen-bond donors (Lipinski definition) is 1. The quantitative estimate of drug-likeness (QED) is 0.862. The SMILES string of the molecule is Cc1csc2ncnc(NCC3CC3)c12. The topological polar surface area (TPSA) is 37.8 Å². The molecular weight excluding hydrogens is 206 g/mol. The van der Waals surface area contributed by atoms with Gasteiger partial charge in [0.2, 0.25) is 0 Å². The summed E-state index contributed by atoms with van der Waals surface area (Å²) in [5.41, 5.74) is 1.27. The molecule has 3 rings (SSSR count). The minimum atomic E-state index is 0.869. The fourth-order valence-corrected chi connectivity index (χ4v) is 2.60. The Hall–Kier alpha value is -1.16. The van der Waals surface area contributed by atoms with Gasteiger partial charge in [-0.1, -0.05) is 0 Å². The zero-order valence-corrected chi connectivity index (χ0v) is 9.47. The van der Waals surface area contributed by atoms with Crippen LogP contribution in [0, 0.1) is 12.8 Å². The Morgan fingerprint density at radius 1 is 1.47 bits per heavy atom. The molecule has 0 aliphatic heterocycles. The van der Waals surface area contributed by atoms with Crippen LogP contribution in [0.3, 0.4) is 0 Å². The number of fused-ring (bicyclic) bond motifs is 1. The summed E-state index contributed by atoms with van der Waals surface area (Å²) >= 11 is 1.69. The van der Waals surface area contributed by atoms with Crippen LogP contribution in [0.1, 0.15) is 18.4 Å². The van der Waals surface area contributed by atoms with E-state index in [1.165, 1.54) is 23.8 Å². The lowest BCUT2D eigenvalue weighted by atomic mass is 10.2. The van der Waals surface area contributed by atoms with Crippen molar-refractivity contribution < 1.29 is 0 Å². The number of thiophene rings is 1. The number of nitrogens with one attached hydrogen (secondary N) is 1. The van der Waals surface area contributed by atoms with Crippen molar-refractivity contribution in [3.05, 3.63) is 17.3 Å². The zero-order valence-electron chi connectivity index (χ0n) is 8.66. The predicted octanol–water partition coefficient (Wildman–Crippen LogP) is 2.82. The summed E-state index contributed by atoms with van der Waals surface area (Å²) in [5, 5.41) is 6.77. The molecule has 1 fully saturated rings. The van der Waals surface area contributed by atoms with Gasteiger partial charge in [-0.2, -0.15) is 0 Å². The molecule has 2 heterocycles. The van der Waals surface area contributed by atoms with Crippen LogP contribution in [0.25, 0.3) is 10.2 Å². The fourth-order valence-electron chi connectivity index (χ4n) is 1.71. The maximum absolute atomic E-state index is 4.32. The highest BCUT2D eigenvalue weighted by Crippen LogP contribution is 2.31. The zero-order chi connectivity index (χ0) is 10.3. The molecule has 0 saturated heterocycles. The van der Waals surface area contributed by atoms with E-state index in [0.29, 0.717) is 0 Å². The van der Waals surface area contributed by atoms with E-state index in [0.717, 1.165) is 23.1 Å². The lowest BCUT2D eigenvalue weighted by molar-refractivity contribution is 0.884. The molecule has 1 aliphatic rings. The van der Waals surface area contributed by atoms with E-state index < -0.39 is 0 Å². The Labute approximate surface area is 92.6 Å². The van der Waals surface area contributed by atoms with E-state index in [-0.39, 0.29) is 0 Å². The number of aromatic nitrogens is 2. The summed E-state index contributed by atoms with van der Waals surface area (Å²) in [6, 6.07) is 0. The number of nitrogens with zero attached hydrogens (tertiary/aromatic N) is 2. The van der Waals surface area contributed by atoms with Crippen LogP contribution in [-0.4, -0.2) is 16.5 Å². The minimum absolute atomic E-state index is 0.869. The highest BCUT2D eigenvalue weighted by atomic mass is 32.1. The lowest BCUT2D eigenvalue weighted by Crippen LogP contribution is -2.05. The van der Waals surface area contributed by atoms with E-state index in [1.54, 1.807) is 17.7 Å². The smallest absolute Gasteiger partial charge is 0.138 e. The van der Waals surface area contributed by atoms with Crippen molar-refractivity contribution in [1.29, 1.82) is 0 Å². The lowest BCUT2D eigenvalue weighted by Gasteiger charge is -2.05. The third-order valence-electron chi connectivity index (χ3n) is 2.81. The molecule has 1 saturated carbocycles. The monoisotopic (exact) mass is 219 g/mol. The highest BCUT2D eigenvalue weighted by molar-refractivity contribution is 7.17. The van der Waals surface area contributed by atoms with Crippen molar-refractivity contribution >= 4 is 27.4 Å². The van der Waals surface area contributed by atoms with Crippen molar-refractivity contribution in [3.63, 3.8) is 0 Å². The Morgan fingerprint density at radius 3 is 3.13 bits per heavy atom. The van der Waals surface area contributed by atoms with Crippen molar-refractivity contribution in [1.82, 2.24) is 9.97 Å². The Balaban J connectivity index is 1.96. The molecule has 0 spiro atoms. The number of anilines is 1. The van der Waals surface area contributed by atoms with Gasteiger partial charge in [0.05, 0.1) is 5.39 Å². The first-order valence-electron chi connectivity index (χ1n) is 5.27. The molecular formula is C11H13N3S. The average Bonchev–Trinajstić information content (AvgIpc) is 3.00. The second-order valence-electron chi connectivity index (χ2n) is 4.15. The van der Waals surface area contributed by atoms with Gasteiger partial charge in [0.25, 0.3) is 0 Å². The molecule has 0 radical (unpaired) electrons. The molecule has 0 amide bonds. The molecule has 78 valence electrons. The van der Waals surface area contributed by atoms with Gasteiger partial charge in [0.15, 0.2) is 0 Å². The molecule has 1 N–H and O–H groups in total. The molecule has 0 bridgehead atoms. The highest BCUT2D eigenvalue weighted by Gasteiger charge is 2.21. The third-order valence-corrected chi connectivity index (χ3v) is 3.81. The molecule has 1 aliphatic carbocycles. The van der Waals surface area contributed by atoms with Gasteiger partial charge in [-0.15, -0.1) is 11.3 Å². The molecule has 0 unspecified atom stereocenters. The standard InChI is InChI=1S/C11H13N3S/c1-7-5-15-11-9(7)10(13-6-14-11)12-4-8-2-3-8/h5-6,8H,2-4H2,1H3,(H,12,13,14). The number of aryl methyl sites for hydroxylation is 1. The van der Waals surface area contributed by atoms with Crippen molar-refractivity contribution in [3.8, 4) is 0 Å². The van der Waals surface area contributed by atoms with Crippen molar-refractivity contribution in [2.24, 2.45) is 5.92 Å². The molecule has 4 heteroatoms. The molecule has 0 atom stereocenters. The molecule has 2 aromatic rings. The summed E-state index contributed by atoms with van der Waals surface area (Å²) in [7, 11) is 0. The van der Waals surface area contributed by atoms with Crippen LogP contribution < -0.4 is 5.32 Å². The van der Waals surface area contributed by atoms with E-state index in [2.05, 4.69) is 27.6 Å². The summed E-state index contributed by atoms with van der Waals surface area (Å²) < 4.78 is 0. The van der Waals surface area contributed by atoms with Gasteiger partial charge in [0, 0.05) is 6.54 Å². The first-order chi connectivity index (χ1) is 7.34. The first kappa shape index (κ1) is 9.09. The van der Waals surface area contributed by atoms with Crippen LogP contribution in [-0.2, 0) is 0 Å². The summed E-state index contributed by atoms with van der Waals surface area (Å²) in [5.74, 6) is 1.87. The van der Waals surface area contributed by atoms with Gasteiger partial charge in [-0.25, -0.2) is 9.97 Å². The van der Waals surface area contributed by atoms with Gasteiger partial charge in [0.1, 0.15) is 17.0 Å². The third kappa shape index (κ3) is 1.69. The largest absolute Gasteiger partial charge is 0.369 e. The van der Waals surface area contributed by atoms with Crippen LogP contribution in [0.2, 0.25) is 0 Å². The summed E-state index contributed by atoms with van der Waals surface area (Å²) in [6.45, 7) is 3.17.